The molecule has 0 aliphatic rings. The summed E-state index contributed by atoms with van der Waals surface area (Å²) in [5.74, 6) is -1.34. The van der Waals surface area contributed by atoms with E-state index in [1.165, 1.54) is 11.8 Å². The number of nitrogens with zero attached hydrogens (tertiary/aromatic N) is 1. The topological polar surface area (TPSA) is 102 Å². The number of hydrogen-bond donors (Lipinski definition) is 3. The van der Waals surface area contributed by atoms with Crippen molar-refractivity contribution >= 4 is 11.9 Å². The number of carboxylic acids is 1. The van der Waals surface area contributed by atoms with Crippen molar-refractivity contribution in [3.05, 3.63) is 47.2 Å². The molecule has 128 valence electrons. The average molecular weight is 329 g/mol. The van der Waals surface area contributed by atoms with Crippen LogP contribution < -0.4 is 10.6 Å². The van der Waals surface area contributed by atoms with Crippen LogP contribution in [0.2, 0.25) is 0 Å². The minimum absolute atomic E-state index is 0.0395. The number of nitrogens with one attached hydrogen (secondary N) is 2. The molecule has 1 amide bonds. The Balaban J connectivity index is 2.56. The summed E-state index contributed by atoms with van der Waals surface area (Å²) in [6, 6.07) is 9.59. The molecule has 0 fully saturated rings. The van der Waals surface area contributed by atoms with Gasteiger partial charge in [-0.15, -0.1) is 0 Å². The molecule has 0 bridgehead atoms. The molecule has 0 saturated heterocycles. The lowest BCUT2D eigenvalue weighted by Gasteiger charge is -2.14. The Morgan fingerprint density at radius 1 is 1.33 bits per heavy atom. The number of hydrogen-bond acceptors (Lipinski definition) is 4. The van der Waals surface area contributed by atoms with E-state index in [0.717, 1.165) is 12.0 Å². The van der Waals surface area contributed by atoms with Gasteiger partial charge < -0.3 is 15.7 Å². The lowest BCUT2D eigenvalue weighted by Crippen LogP contribution is -2.28. The zero-order valence-corrected chi connectivity index (χ0v) is 14.0. The minimum Gasteiger partial charge on any atom is -0.481 e. The van der Waals surface area contributed by atoms with Crippen LogP contribution in [0.5, 0.6) is 0 Å². The number of nitriles is 1. The molecule has 1 aromatic carbocycles. The van der Waals surface area contributed by atoms with Gasteiger partial charge in [-0.25, -0.2) is 0 Å². The molecule has 1 atom stereocenters. The first kappa shape index (κ1) is 19.2. The number of benzene rings is 1. The van der Waals surface area contributed by atoms with E-state index in [9.17, 15) is 9.59 Å². The number of carboxylic acid groups (broad SMARTS) is 1. The van der Waals surface area contributed by atoms with Gasteiger partial charge in [0, 0.05) is 19.2 Å². The van der Waals surface area contributed by atoms with Gasteiger partial charge in [0.1, 0.15) is 11.6 Å². The van der Waals surface area contributed by atoms with E-state index in [2.05, 4.69) is 17.6 Å². The first-order valence-corrected chi connectivity index (χ1v) is 7.93. The Labute approximate surface area is 142 Å². The fourth-order valence-electron chi connectivity index (χ4n) is 2.06. The van der Waals surface area contributed by atoms with Crippen molar-refractivity contribution in [1.29, 1.82) is 5.26 Å². The van der Waals surface area contributed by atoms with Crippen molar-refractivity contribution in [3.8, 4) is 6.07 Å². The summed E-state index contributed by atoms with van der Waals surface area (Å²) in [5.41, 5.74) is 2.15. The van der Waals surface area contributed by atoms with E-state index >= 15 is 0 Å². The first-order valence-electron chi connectivity index (χ1n) is 7.93. The van der Waals surface area contributed by atoms with Crippen LogP contribution in [0.15, 0.2) is 36.0 Å². The maximum atomic E-state index is 12.1. The number of aryl methyl sites for hydroxylation is 1. The van der Waals surface area contributed by atoms with E-state index in [0.29, 0.717) is 13.0 Å². The third-order valence-corrected chi connectivity index (χ3v) is 3.56. The van der Waals surface area contributed by atoms with Crippen molar-refractivity contribution in [2.75, 3.05) is 6.54 Å². The molecule has 1 aromatic rings. The van der Waals surface area contributed by atoms with Crippen molar-refractivity contribution in [2.45, 2.75) is 39.2 Å². The third-order valence-electron chi connectivity index (χ3n) is 3.56. The van der Waals surface area contributed by atoms with Gasteiger partial charge in [0.15, 0.2) is 0 Å². The molecule has 0 radical (unpaired) electrons. The molecular weight excluding hydrogens is 306 g/mol. The van der Waals surface area contributed by atoms with Crippen molar-refractivity contribution in [2.24, 2.45) is 0 Å². The predicted molar refractivity (Wildman–Crippen MR) is 90.9 cm³/mol. The number of carbonyl (C=O) groups is 2. The highest BCUT2D eigenvalue weighted by Crippen LogP contribution is 2.14. The molecule has 1 unspecified atom stereocenters. The maximum absolute atomic E-state index is 12.1. The highest BCUT2D eigenvalue weighted by atomic mass is 16.4. The van der Waals surface area contributed by atoms with Gasteiger partial charge in [0.2, 0.25) is 0 Å². The molecular formula is C18H23N3O3. The molecule has 0 spiro atoms. The Kier molecular flexibility index (Phi) is 8.06. The maximum Gasteiger partial charge on any atom is 0.303 e. The molecule has 0 heterocycles. The normalized spacial score (nSPS) is 12.1. The summed E-state index contributed by atoms with van der Waals surface area (Å²) in [6.07, 6.45) is 2.74. The summed E-state index contributed by atoms with van der Waals surface area (Å²) in [4.78, 5) is 22.5. The zero-order chi connectivity index (χ0) is 17.9. The highest BCUT2D eigenvalue weighted by Gasteiger charge is 2.13. The van der Waals surface area contributed by atoms with E-state index < -0.39 is 11.9 Å². The Bertz CT molecular complexity index is 630. The average Bonchev–Trinajstić information content (AvgIpc) is 2.57. The van der Waals surface area contributed by atoms with Gasteiger partial charge in [-0.1, -0.05) is 31.2 Å². The van der Waals surface area contributed by atoms with Gasteiger partial charge in [-0.2, -0.15) is 5.26 Å². The molecule has 6 nitrogen and oxygen atoms in total. The minimum atomic E-state index is -0.873. The van der Waals surface area contributed by atoms with E-state index in [-0.39, 0.29) is 18.0 Å². The predicted octanol–water partition coefficient (Wildman–Crippen LogP) is 2.29. The number of carbonyl (C=O) groups excluding carboxylic acids is 1. The fourth-order valence-corrected chi connectivity index (χ4v) is 2.06. The Hall–Kier alpha value is -2.81. The molecule has 24 heavy (non-hydrogen) atoms. The van der Waals surface area contributed by atoms with Crippen LogP contribution in [0.1, 0.15) is 43.9 Å². The standard InChI is InChI=1S/C18H23N3O3/c1-3-14-6-8-15(9-7-14)13(2)21-18(24)16(11-19)12-20-10-4-5-17(22)23/h6-9,12-13,20H,3-5,10H2,1-2H3,(H,21,24)(H,22,23)/b16-12-. The number of amides is 1. The quantitative estimate of drug-likeness (QED) is 0.366. The Morgan fingerprint density at radius 3 is 2.54 bits per heavy atom. The van der Waals surface area contributed by atoms with Crippen LogP contribution >= 0.6 is 0 Å². The van der Waals surface area contributed by atoms with Gasteiger partial charge in [-0.3, -0.25) is 9.59 Å². The van der Waals surface area contributed by atoms with Crippen molar-refractivity contribution in [1.82, 2.24) is 10.6 Å². The summed E-state index contributed by atoms with van der Waals surface area (Å²) in [7, 11) is 0. The van der Waals surface area contributed by atoms with Gasteiger partial charge in [0.25, 0.3) is 5.91 Å². The van der Waals surface area contributed by atoms with Crippen molar-refractivity contribution < 1.29 is 14.7 Å². The van der Waals surface area contributed by atoms with Gasteiger partial charge >= 0.3 is 5.97 Å². The Morgan fingerprint density at radius 2 is 2.00 bits per heavy atom. The summed E-state index contributed by atoms with van der Waals surface area (Å²) >= 11 is 0. The highest BCUT2D eigenvalue weighted by molar-refractivity contribution is 5.97. The van der Waals surface area contributed by atoms with E-state index in [1.807, 2.05) is 37.3 Å². The second-order valence-electron chi connectivity index (χ2n) is 5.41. The SMILES string of the molecule is CCc1ccc(C(C)NC(=O)/C(C#N)=C\NCCCC(=O)O)cc1. The summed E-state index contributed by atoms with van der Waals surface area (Å²) < 4.78 is 0. The van der Waals surface area contributed by atoms with E-state index in [1.54, 1.807) is 0 Å². The number of aliphatic carboxylic acids is 1. The first-order chi connectivity index (χ1) is 11.5. The second kappa shape index (κ2) is 10.1. The molecule has 6 heteroatoms. The van der Waals surface area contributed by atoms with Crippen molar-refractivity contribution in [3.63, 3.8) is 0 Å². The van der Waals surface area contributed by atoms with Crippen LogP contribution in [0, 0.1) is 11.3 Å². The molecule has 0 saturated carbocycles. The number of rotatable bonds is 9. The summed E-state index contributed by atoms with van der Waals surface area (Å²) in [6.45, 7) is 4.32. The van der Waals surface area contributed by atoms with Gasteiger partial charge in [-0.05, 0) is 30.9 Å². The molecule has 0 aliphatic carbocycles. The monoisotopic (exact) mass is 329 g/mol. The van der Waals surface area contributed by atoms with Crippen LogP contribution in [0.25, 0.3) is 0 Å². The van der Waals surface area contributed by atoms with Crippen LogP contribution in [0.4, 0.5) is 0 Å². The van der Waals surface area contributed by atoms with Crippen LogP contribution in [-0.2, 0) is 16.0 Å². The van der Waals surface area contributed by atoms with Gasteiger partial charge in [0.05, 0.1) is 6.04 Å². The molecule has 0 aromatic heterocycles. The largest absolute Gasteiger partial charge is 0.481 e. The van der Waals surface area contributed by atoms with Crippen LogP contribution in [0.3, 0.4) is 0 Å². The molecule has 3 N–H and O–H groups in total. The zero-order valence-electron chi connectivity index (χ0n) is 14.0. The summed E-state index contributed by atoms with van der Waals surface area (Å²) in [5, 5.41) is 23.2. The lowest BCUT2D eigenvalue weighted by molar-refractivity contribution is -0.137. The van der Waals surface area contributed by atoms with Crippen LogP contribution in [-0.4, -0.2) is 23.5 Å². The molecule has 1 rings (SSSR count). The van der Waals surface area contributed by atoms with E-state index in [4.69, 9.17) is 10.4 Å². The second-order valence-corrected chi connectivity index (χ2v) is 5.41. The molecule has 0 aliphatic heterocycles. The third kappa shape index (κ3) is 6.53. The fraction of sp³-hybridized carbons (Fsp3) is 0.389. The lowest BCUT2D eigenvalue weighted by atomic mass is 10.0. The smallest absolute Gasteiger partial charge is 0.303 e.